The molecule has 8 nitrogen and oxygen atoms in total. The fourth-order valence-electron chi connectivity index (χ4n) is 2.96. The Morgan fingerprint density at radius 3 is 2.44 bits per heavy atom. The topological polar surface area (TPSA) is 96.4 Å². The van der Waals surface area contributed by atoms with Gasteiger partial charge in [0.15, 0.2) is 0 Å². The number of anilines is 1. The lowest BCUT2D eigenvalue weighted by Crippen LogP contribution is -2.47. The van der Waals surface area contributed by atoms with E-state index in [2.05, 4.69) is 25.5 Å². The predicted molar refractivity (Wildman–Crippen MR) is 101 cm³/mol. The average Bonchev–Trinajstić information content (AvgIpc) is 2.73. The number of rotatable bonds is 6. The first-order valence-electron chi connectivity index (χ1n) is 8.89. The minimum atomic E-state index is -0.288. The highest BCUT2D eigenvalue weighted by molar-refractivity contribution is 5.96. The van der Waals surface area contributed by atoms with Gasteiger partial charge in [-0.3, -0.25) is 9.59 Å². The van der Waals surface area contributed by atoms with Crippen LogP contribution in [0, 0.1) is 0 Å². The van der Waals surface area contributed by atoms with Crippen LogP contribution in [0.1, 0.15) is 23.2 Å². The molecule has 27 heavy (non-hydrogen) atoms. The summed E-state index contributed by atoms with van der Waals surface area (Å²) in [5, 5.41) is 5.61. The van der Waals surface area contributed by atoms with Gasteiger partial charge in [0.25, 0.3) is 5.91 Å². The van der Waals surface area contributed by atoms with Crippen molar-refractivity contribution in [3.05, 3.63) is 48.3 Å². The minimum Gasteiger partial charge on any atom is -0.497 e. The van der Waals surface area contributed by atoms with E-state index < -0.39 is 0 Å². The molecule has 8 heteroatoms. The Bertz CT molecular complexity index is 759. The van der Waals surface area contributed by atoms with Crippen molar-refractivity contribution >= 4 is 17.8 Å². The van der Waals surface area contributed by atoms with E-state index in [4.69, 9.17) is 4.74 Å². The van der Waals surface area contributed by atoms with Crippen molar-refractivity contribution in [2.75, 3.05) is 31.6 Å². The van der Waals surface area contributed by atoms with E-state index in [-0.39, 0.29) is 24.4 Å². The molecule has 1 aliphatic rings. The van der Waals surface area contributed by atoms with Crippen LogP contribution in [0.5, 0.6) is 5.75 Å². The van der Waals surface area contributed by atoms with Gasteiger partial charge in [0.05, 0.1) is 13.7 Å². The first kappa shape index (κ1) is 18.6. The normalized spacial score (nSPS) is 14.5. The summed E-state index contributed by atoms with van der Waals surface area (Å²) in [4.78, 5) is 34.8. The van der Waals surface area contributed by atoms with Crippen molar-refractivity contribution in [2.45, 2.75) is 18.9 Å². The van der Waals surface area contributed by atoms with Gasteiger partial charge in [-0.05, 0) is 43.2 Å². The molecule has 1 aromatic heterocycles. The van der Waals surface area contributed by atoms with Crippen molar-refractivity contribution in [3.63, 3.8) is 0 Å². The minimum absolute atomic E-state index is 0.0487. The zero-order chi connectivity index (χ0) is 19.1. The Morgan fingerprint density at radius 2 is 1.81 bits per heavy atom. The molecule has 0 spiro atoms. The van der Waals surface area contributed by atoms with Gasteiger partial charge >= 0.3 is 0 Å². The molecule has 142 valence electrons. The molecule has 1 aromatic carbocycles. The Labute approximate surface area is 158 Å². The van der Waals surface area contributed by atoms with Crippen LogP contribution >= 0.6 is 0 Å². The van der Waals surface area contributed by atoms with E-state index in [1.165, 1.54) is 0 Å². The monoisotopic (exact) mass is 369 g/mol. The van der Waals surface area contributed by atoms with Crippen molar-refractivity contribution in [3.8, 4) is 5.75 Å². The molecule has 2 heterocycles. The number of nitrogens with zero attached hydrogens (tertiary/aromatic N) is 3. The van der Waals surface area contributed by atoms with Crippen molar-refractivity contribution in [1.29, 1.82) is 0 Å². The number of carbonyl (C=O) groups excluding carboxylic acids is 2. The summed E-state index contributed by atoms with van der Waals surface area (Å²) in [6, 6.07) is 8.62. The van der Waals surface area contributed by atoms with Crippen LogP contribution in [0.25, 0.3) is 0 Å². The van der Waals surface area contributed by atoms with E-state index in [9.17, 15) is 9.59 Å². The lowest BCUT2D eigenvalue weighted by molar-refractivity contribution is -0.120. The van der Waals surface area contributed by atoms with Gasteiger partial charge < -0.3 is 20.3 Å². The summed E-state index contributed by atoms with van der Waals surface area (Å²) < 4.78 is 5.06. The third-order valence-corrected chi connectivity index (χ3v) is 4.46. The van der Waals surface area contributed by atoms with Gasteiger partial charge in [-0.15, -0.1) is 0 Å². The Morgan fingerprint density at radius 1 is 1.15 bits per heavy atom. The highest BCUT2D eigenvalue weighted by Gasteiger charge is 2.22. The zero-order valence-corrected chi connectivity index (χ0v) is 15.2. The number of methoxy groups -OCH3 is 1. The highest BCUT2D eigenvalue weighted by Crippen LogP contribution is 2.15. The maximum Gasteiger partial charge on any atom is 0.251 e. The summed E-state index contributed by atoms with van der Waals surface area (Å²) >= 11 is 0. The summed E-state index contributed by atoms with van der Waals surface area (Å²) in [6.07, 6.45) is 5.08. The number of carbonyl (C=O) groups is 2. The van der Waals surface area contributed by atoms with E-state index in [1.807, 2.05) is 0 Å². The van der Waals surface area contributed by atoms with Crippen LogP contribution in [-0.2, 0) is 4.79 Å². The third-order valence-electron chi connectivity index (χ3n) is 4.46. The van der Waals surface area contributed by atoms with Gasteiger partial charge in [0.1, 0.15) is 5.75 Å². The molecule has 0 radical (unpaired) electrons. The summed E-state index contributed by atoms with van der Waals surface area (Å²) in [5.74, 6) is 0.917. The molecule has 3 rings (SSSR count). The van der Waals surface area contributed by atoms with Crippen LogP contribution in [0.2, 0.25) is 0 Å². The fraction of sp³-hybridized carbons (Fsp3) is 0.368. The smallest absolute Gasteiger partial charge is 0.251 e. The molecule has 0 bridgehead atoms. The predicted octanol–water partition coefficient (Wildman–Crippen LogP) is 1.00. The Balaban J connectivity index is 1.40. The number of ether oxygens (including phenoxy) is 1. The highest BCUT2D eigenvalue weighted by atomic mass is 16.5. The second-order valence-corrected chi connectivity index (χ2v) is 6.29. The summed E-state index contributed by atoms with van der Waals surface area (Å²) in [7, 11) is 1.57. The third kappa shape index (κ3) is 5.16. The number of benzene rings is 1. The second-order valence-electron chi connectivity index (χ2n) is 6.29. The van der Waals surface area contributed by atoms with E-state index in [1.54, 1.807) is 49.8 Å². The second kappa shape index (κ2) is 8.98. The molecular formula is C19H23N5O3. The van der Waals surface area contributed by atoms with E-state index in [0.717, 1.165) is 25.9 Å². The maximum atomic E-state index is 12.1. The summed E-state index contributed by atoms with van der Waals surface area (Å²) in [5.41, 5.74) is 0.486. The molecule has 1 fully saturated rings. The SMILES string of the molecule is COc1ccc(C(=O)NCC(=O)NC2CCN(c3ncccn3)CC2)cc1. The number of amides is 2. The van der Waals surface area contributed by atoms with Gasteiger partial charge in [-0.1, -0.05) is 0 Å². The van der Waals surface area contributed by atoms with Crippen LogP contribution in [0.15, 0.2) is 42.7 Å². The van der Waals surface area contributed by atoms with Crippen LogP contribution in [0.3, 0.4) is 0 Å². The first-order chi connectivity index (χ1) is 13.2. The molecule has 1 aliphatic heterocycles. The Hall–Kier alpha value is -3.16. The van der Waals surface area contributed by atoms with Crippen LogP contribution in [0.4, 0.5) is 5.95 Å². The van der Waals surface area contributed by atoms with Crippen LogP contribution < -0.4 is 20.3 Å². The van der Waals surface area contributed by atoms with Crippen molar-refractivity contribution in [2.24, 2.45) is 0 Å². The average molecular weight is 369 g/mol. The zero-order valence-electron chi connectivity index (χ0n) is 15.2. The molecule has 2 amide bonds. The molecule has 0 unspecified atom stereocenters. The van der Waals surface area contributed by atoms with Gasteiger partial charge in [0.2, 0.25) is 11.9 Å². The van der Waals surface area contributed by atoms with Crippen LogP contribution in [-0.4, -0.2) is 54.6 Å². The number of hydrogen-bond acceptors (Lipinski definition) is 6. The number of hydrogen-bond donors (Lipinski definition) is 2. The molecule has 0 atom stereocenters. The Kier molecular flexibility index (Phi) is 6.19. The fourth-order valence-corrected chi connectivity index (χ4v) is 2.96. The largest absolute Gasteiger partial charge is 0.497 e. The molecule has 1 saturated heterocycles. The molecule has 2 N–H and O–H groups in total. The quantitative estimate of drug-likeness (QED) is 0.789. The number of aromatic nitrogens is 2. The van der Waals surface area contributed by atoms with Crippen molar-refractivity contribution < 1.29 is 14.3 Å². The first-order valence-corrected chi connectivity index (χ1v) is 8.89. The van der Waals surface area contributed by atoms with Crippen molar-refractivity contribution in [1.82, 2.24) is 20.6 Å². The number of nitrogens with one attached hydrogen (secondary N) is 2. The van der Waals surface area contributed by atoms with E-state index in [0.29, 0.717) is 17.3 Å². The maximum absolute atomic E-state index is 12.1. The van der Waals surface area contributed by atoms with Gasteiger partial charge in [-0.2, -0.15) is 0 Å². The van der Waals surface area contributed by atoms with E-state index >= 15 is 0 Å². The summed E-state index contributed by atoms with van der Waals surface area (Å²) in [6.45, 7) is 1.52. The molecule has 0 aliphatic carbocycles. The standard InChI is InChI=1S/C19H23N5O3/c1-27-16-5-3-14(4-6-16)18(26)22-13-17(25)23-15-7-11-24(12-8-15)19-20-9-2-10-21-19/h2-6,9-10,15H,7-8,11-13H2,1H3,(H,22,26)(H,23,25). The molecular weight excluding hydrogens is 346 g/mol. The lowest BCUT2D eigenvalue weighted by atomic mass is 10.1. The van der Waals surface area contributed by atoms with Gasteiger partial charge in [-0.25, -0.2) is 9.97 Å². The molecule has 2 aromatic rings. The lowest BCUT2D eigenvalue weighted by Gasteiger charge is -2.32. The number of piperidine rings is 1. The van der Waals surface area contributed by atoms with Gasteiger partial charge in [0, 0.05) is 37.1 Å². The molecule has 0 saturated carbocycles.